The summed E-state index contributed by atoms with van der Waals surface area (Å²) < 4.78 is 12.6. The standard InChI is InChI=1S/C19H22N4O3/c1-4-22(13-14-12-20-17-10-5-6-11-23(14)17)19(24)21-15-8-7-9-16(25-2)18(15)26-3/h5-12H,4,13H2,1-3H3,(H,21,24). The molecule has 0 saturated heterocycles. The van der Waals surface area contributed by atoms with Gasteiger partial charge in [0.05, 0.1) is 38.3 Å². The minimum Gasteiger partial charge on any atom is -0.493 e. The Kier molecular flexibility index (Phi) is 5.26. The van der Waals surface area contributed by atoms with Gasteiger partial charge in [-0.05, 0) is 31.2 Å². The number of carbonyl (C=O) groups excluding carboxylic acids is 1. The summed E-state index contributed by atoms with van der Waals surface area (Å²) in [5.41, 5.74) is 2.36. The fraction of sp³-hybridized carbons (Fsp3) is 0.263. The van der Waals surface area contributed by atoms with Crippen LogP contribution < -0.4 is 14.8 Å². The number of carbonyl (C=O) groups is 1. The van der Waals surface area contributed by atoms with Gasteiger partial charge in [-0.3, -0.25) is 0 Å². The van der Waals surface area contributed by atoms with E-state index in [-0.39, 0.29) is 6.03 Å². The molecule has 26 heavy (non-hydrogen) atoms. The fourth-order valence-corrected chi connectivity index (χ4v) is 2.80. The number of ether oxygens (including phenoxy) is 2. The quantitative estimate of drug-likeness (QED) is 0.737. The highest BCUT2D eigenvalue weighted by molar-refractivity contribution is 5.91. The van der Waals surface area contributed by atoms with Gasteiger partial charge >= 0.3 is 6.03 Å². The lowest BCUT2D eigenvalue weighted by Crippen LogP contribution is -2.34. The highest BCUT2D eigenvalue weighted by Crippen LogP contribution is 2.34. The lowest BCUT2D eigenvalue weighted by atomic mass is 10.2. The van der Waals surface area contributed by atoms with Crippen LogP contribution >= 0.6 is 0 Å². The predicted molar refractivity (Wildman–Crippen MR) is 99.8 cm³/mol. The number of urea groups is 1. The molecule has 0 fully saturated rings. The fourth-order valence-electron chi connectivity index (χ4n) is 2.80. The Morgan fingerprint density at radius 2 is 2.04 bits per heavy atom. The number of para-hydroxylation sites is 1. The van der Waals surface area contributed by atoms with Crippen LogP contribution in [0.5, 0.6) is 11.5 Å². The lowest BCUT2D eigenvalue weighted by Gasteiger charge is -2.22. The summed E-state index contributed by atoms with van der Waals surface area (Å²) in [6.07, 6.45) is 3.73. The first-order valence-corrected chi connectivity index (χ1v) is 8.35. The third kappa shape index (κ3) is 3.42. The zero-order valence-corrected chi connectivity index (χ0v) is 15.1. The van der Waals surface area contributed by atoms with E-state index in [0.29, 0.717) is 30.3 Å². The molecule has 2 amide bonds. The Labute approximate surface area is 152 Å². The number of fused-ring (bicyclic) bond motifs is 1. The summed E-state index contributed by atoms with van der Waals surface area (Å²) in [7, 11) is 3.11. The number of amides is 2. The van der Waals surface area contributed by atoms with Gasteiger partial charge in [0.25, 0.3) is 0 Å². The van der Waals surface area contributed by atoms with Gasteiger partial charge in [-0.1, -0.05) is 12.1 Å². The molecular weight excluding hydrogens is 332 g/mol. The number of rotatable bonds is 6. The first kappa shape index (κ1) is 17.6. The predicted octanol–water partition coefficient (Wildman–Crippen LogP) is 3.41. The zero-order valence-electron chi connectivity index (χ0n) is 15.1. The van der Waals surface area contributed by atoms with Gasteiger partial charge in [0.1, 0.15) is 5.65 Å². The number of nitrogens with one attached hydrogen (secondary N) is 1. The van der Waals surface area contributed by atoms with E-state index in [0.717, 1.165) is 11.3 Å². The van der Waals surface area contributed by atoms with E-state index in [9.17, 15) is 4.79 Å². The number of anilines is 1. The van der Waals surface area contributed by atoms with Crippen LogP contribution in [0, 0.1) is 0 Å². The number of methoxy groups -OCH3 is 2. The third-order valence-corrected chi connectivity index (χ3v) is 4.16. The minimum absolute atomic E-state index is 0.218. The molecule has 0 aliphatic heterocycles. The van der Waals surface area contributed by atoms with E-state index in [4.69, 9.17) is 9.47 Å². The summed E-state index contributed by atoms with van der Waals surface area (Å²) in [4.78, 5) is 18.8. The molecule has 136 valence electrons. The smallest absolute Gasteiger partial charge is 0.322 e. The number of hydrogen-bond acceptors (Lipinski definition) is 4. The van der Waals surface area contributed by atoms with Crippen molar-refractivity contribution in [3.8, 4) is 11.5 Å². The van der Waals surface area contributed by atoms with E-state index in [2.05, 4.69) is 10.3 Å². The van der Waals surface area contributed by atoms with E-state index in [1.807, 2.05) is 35.7 Å². The molecule has 0 radical (unpaired) electrons. The van der Waals surface area contributed by atoms with Crippen LogP contribution in [-0.2, 0) is 6.54 Å². The highest BCUT2D eigenvalue weighted by Gasteiger charge is 2.18. The van der Waals surface area contributed by atoms with Crippen molar-refractivity contribution >= 4 is 17.4 Å². The van der Waals surface area contributed by atoms with Crippen molar-refractivity contribution in [3.05, 3.63) is 54.5 Å². The van der Waals surface area contributed by atoms with Gasteiger partial charge in [-0.2, -0.15) is 0 Å². The SMILES string of the molecule is CCN(Cc1cnc2ccccn12)C(=O)Nc1cccc(OC)c1OC. The number of aromatic nitrogens is 2. The van der Waals surface area contributed by atoms with Crippen molar-refractivity contribution < 1.29 is 14.3 Å². The van der Waals surface area contributed by atoms with Crippen LogP contribution in [0.25, 0.3) is 5.65 Å². The molecule has 2 aromatic heterocycles. The van der Waals surface area contributed by atoms with E-state index in [1.54, 1.807) is 43.5 Å². The van der Waals surface area contributed by atoms with Gasteiger partial charge < -0.3 is 24.1 Å². The maximum atomic E-state index is 12.8. The average Bonchev–Trinajstić information content (AvgIpc) is 3.08. The Morgan fingerprint density at radius 3 is 2.77 bits per heavy atom. The summed E-state index contributed by atoms with van der Waals surface area (Å²) >= 11 is 0. The number of pyridine rings is 1. The maximum Gasteiger partial charge on any atom is 0.322 e. The topological polar surface area (TPSA) is 68.1 Å². The molecule has 3 rings (SSSR count). The molecule has 0 aliphatic carbocycles. The molecule has 0 saturated carbocycles. The number of nitrogens with zero attached hydrogens (tertiary/aromatic N) is 3. The van der Waals surface area contributed by atoms with Crippen LogP contribution in [0.3, 0.4) is 0 Å². The van der Waals surface area contributed by atoms with E-state index >= 15 is 0 Å². The second-order valence-corrected chi connectivity index (χ2v) is 5.66. The van der Waals surface area contributed by atoms with Gasteiger partial charge in [0.15, 0.2) is 11.5 Å². The lowest BCUT2D eigenvalue weighted by molar-refractivity contribution is 0.211. The van der Waals surface area contributed by atoms with Crippen LogP contribution in [0.1, 0.15) is 12.6 Å². The molecule has 0 bridgehead atoms. The number of hydrogen-bond donors (Lipinski definition) is 1. The van der Waals surface area contributed by atoms with Gasteiger partial charge in [0, 0.05) is 12.7 Å². The minimum atomic E-state index is -0.218. The normalized spacial score (nSPS) is 10.6. The maximum absolute atomic E-state index is 12.8. The second kappa shape index (κ2) is 7.77. The molecule has 0 atom stereocenters. The second-order valence-electron chi connectivity index (χ2n) is 5.66. The highest BCUT2D eigenvalue weighted by atomic mass is 16.5. The largest absolute Gasteiger partial charge is 0.493 e. The third-order valence-electron chi connectivity index (χ3n) is 4.16. The number of benzene rings is 1. The van der Waals surface area contributed by atoms with Crippen LogP contribution in [0.15, 0.2) is 48.8 Å². The molecule has 2 heterocycles. The van der Waals surface area contributed by atoms with Crippen molar-refractivity contribution in [3.63, 3.8) is 0 Å². The van der Waals surface area contributed by atoms with Gasteiger partial charge in [-0.15, -0.1) is 0 Å². The molecule has 0 spiro atoms. The van der Waals surface area contributed by atoms with Crippen molar-refractivity contribution in [1.29, 1.82) is 0 Å². The molecule has 7 nitrogen and oxygen atoms in total. The van der Waals surface area contributed by atoms with Crippen LogP contribution in [0.4, 0.5) is 10.5 Å². The van der Waals surface area contributed by atoms with E-state index in [1.165, 1.54) is 0 Å². The summed E-state index contributed by atoms with van der Waals surface area (Å²) in [6.45, 7) is 2.93. The van der Waals surface area contributed by atoms with Gasteiger partial charge in [0.2, 0.25) is 0 Å². The van der Waals surface area contributed by atoms with E-state index < -0.39 is 0 Å². The summed E-state index contributed by atoms with van der Waals surface area (Å²) in [5, 5.41) is 2.90. The Hall–Kier alpha value is -3.22. The van der Waals surface area contributed by atoms with Crippen molar-refractivity contribution in [2.45, 2.75) is 13.5 Å². The average molecular weight is 354 g/mol. The van der Waals surface area contributed by atoms with Crippen LogP contribution in [0.2, 0.25) is 0 Å². The summed E-state index contributed by atoms with van der Waals surface area (Å²) in [6, 6.07) is 11.0. The molecular formula is C19H22N4O3. The molecule has 3 aromatic rings. The Balaban J connectivity index is 1.80. The Morgan fingerprint density at radius 1 is 1.19 bits per heavy atom. The van der Waals surface area contributed by atoms with Crippen LogP contribution in [-0.4, -0.2) is 41.1 Å². The molecule has 0 aliphatic rings. The Bertz CT molecular complexity index is 907. The first-order valence-electron chi connectivity index (χ1n) is 8.35. The van der Waals surface area contributed by atoms with Crippen molar-refractivity contribution in [2.24, 2.45) is 0 Å². The summed E-state index contributed by atoms with van der Waals surface area (Å²) in [5.74, 6) is 1.06. The van der Waals surface area contributed by atoms with Gasteiger partial charge in [-0.25, -0.2) is 9.78 Å². The molecule has 0 unspecified atom stereocenters. The zero-order chi connectivity index (χ0) is 18.5. The molecule has 1 N–H and O–H groups in total. The molecule has 1 aromatic carbocycles. The number of imidazole rings is 1. The molecule has 7 heteroatoms. The van der Waals surface area contributed by atoms with Crippen molar-refractivity contribution in [2.75, 3.05) is 26.1 Å². The monoisotopic (exact) mass is 354 g/mol. The first-order chi connectivity index (χ1) is 12.7. The van der Waals surface area contributed by atoms with Crippen molar-refractivity contribution in [1.82, 2.24) is 14.3 Å².